The monoisotopic (exact) mass is 456 g/mol. The highest BCUT2D eigenvalue weighted by Gasteiger charge is 2.82. The molecular formula is C30H48O3. The van der Waals surface area contributed by atoms with Gasteiger partial charge < -0.3 is 10.2 Å². The number of aliphatic hydroxyl groups is 1. The predicted molar refractivity (Wildman–Crippen MR) is 133 cm³/mol. The Balaban J connectivity index is 1.37. The average Bonchev–Trinajstić information content (AvgIpc) is 3.33. The summed E-state index contributed by atoms with van der Waals surface area (Å²) in [7, 11) is 0. The van der Waals surface area contributed by atoms with Crippen molar-refractivity contribution in [2.24, 2.45) is 50.7 Å². The topological polar surface area (TPSA) is 57.5 Å². The molecule has 186 valence electrons. The fraction of sp³-hybridized carbons (Fsp3) is 0.900. The third-order valence-electron chi connectivity index (χ3n) is 13.3. The SMILES string of the molecule is C/C(=C\CCC(C)[C@H]1CC[C@@]2(C)[C@@H]3CC[C@H]4C(C)(C)C(O)CC[C@@]45C[C@@]35CC[C@]12C)C(=O)O. The zero-order valence-corrected chi connectivity index (χ0v) is 22.0. The molecule has 0 aromatic rings. The van der Waals surface area contributed by atoms with Crippen LogP contribution in [-0.2, 0) is 4.79 Å². The standard InChI is InChI=1S/C30H48O3/c1-19(8-7-9-20(2)25(32)33)21-12-14-28(6)23-11-10-22-26(3,4)24(31)13-15-29(22)18-30(23,29)17-16-27(21,28)5/h9,19,21-24,31H,7-8,10-18H2,1-6H3,(H,32,33)/b20-9+/t19?,21-,22+,23+,24?,27-,28+,29-,30+/m1/s1. The maximum Gasteiger partial charge on any atom is 0.330 e. The van der Waals surface area contributed by atoms with E-state index in [-0.39, 0.29) is 11.5 Å². The number of hydrogen-bond acceptors (Lipinski definition) is 2. The maximum atomic E-state index is 11.2. The fourth-order valence-corrected chi connectivity index (χ4v) is 11.2. The zero-order valence-electron chi connectivity index (χ0n) is 22.0. The van der Waals surface area contributed by atoms with Crippen LogP contribution >= 0.6 is 0 Å². The van der Waals surface area contributed by atoms with Crippen molar-refractivity contribution in [2.45, 2.75) is 118 Å². The lowest BCUT2D eigenvalue weighted by atomic mass is 9.41. The van der Waals surface area contributed by atoms with Gasteiger partial charge in [-0.1, -0.05) is 40.7 Å². The van der Waals surface area contributed by atoms with E-state index in [1.54, 1.807) is 6.92 Å². The summed E-state index contributed by atoms with van der Waals surface area (Å²) in [6, 6.07) is 0. The van der Waals surface area contributed by atoms with Crippen molar-refractivity contribution in [1.29, 1.82) is 0 Å². The molecule has 5 aliphatic rings. The minimum atomic E-state index is -0.784. The van der Waals surface area contributed by atoms with Crippen molar-refractivity contribution in [3.05, 3.63) is 11.6 Å². The van der Waals surface area contributed by atoms with Gasteiger partial charge in [0.15, 0.2) is 0 Å². The van der Waals surface area contributed by atoms with Crippen LogP contribution in [0.2, 0.25) is 0 Å². The summed E-state index contributed by atoms with van der Waals surface area (Å²) in [5.74, 6) is 2.19. The van der Waals surface area contributed by atoms with Crippen molar-refractivity contribution < 1.29 is 15.0 Å². The minimum Gasteiger partial charge on any atom is -0.478 e. The molecule has 5 rings (SSSR count). The highest BCUT2D eigenvalue weighted by molar-refractivity contribution is 5.85. The molecule has 9 atom stereocenters. The Labute approximate surface area is 201 Å². The molecule has 0 aliphatic heterocycles. The Kier molecular flexibility index (Phi) is 5.31. The van der Waals surface area contributed by atoms with E-state index < -0.39 is 5.97 Å². The van der Waals surface area contributed by atoms with Crippen LogP contribution in [0.1, 0.15) is 112 Å². The summed E-state index contributed by atoms with van der Waals surface area (Å²) < 4.78 is 0. The summed E-state index contributed by atoms with van der Waals surface area (Å²) in [4.78, 5) is 11.2. The molecule has 3 heteroatoms. The molecule has 0 saturated heterocycles. The Morgan fingerprint density at radius 2 is 1.61 bits per heavy atom. The zero-order chi connectivity index (χ0) is 24.0. The molecule has 0 radical (unpaired) electrons. The van der Waals surface area contributed by atoms with Crippen LogP contribution in [0.25, 0.3) is 0 Å². The van der Waals surface area contributed by atoms with E-state index in [9.17, 15) is 15.0 Å². The van der Waals surface area contributed by atoms with Gasteiger partial charge in [0.05, 0.1) is 6.10 Å². The quantitative estimate of drug-likeness (QED) is 0.429. The first-order chi connectivity index (χ1) is 15.4. The van der Waals surface area contributed by atoms with E-state index in [1.165, 1.54) is 51.4 Å². The van der Waals surface area contributed by atoms with Gasteiger partial charge >= 0.3 is 5.97 Å². The number of allylic oxidation sites excluding steroid dienone is 1. The first kappa shape index (κ1) is 23.9. The lowest BCUT2D eigenvalue weighted by Crippen LogP contribution is -2.57. The summed E-state index contributed by atoms with van der Waals surface area (Å²) in [5, 5.41) is 20.0. The molecule has 0 aromatic heterocycles. The Morgan fingerprint density at radius 3 is 2.30 bits per heavy atom. The van der Waals surface area contributed by atoms with Crippen LogP contribution in [0, 0.1) is 50.7 Å². The second kappa shape index (κ2) is 7.34. The summed E-state index contributed by atoms with van der Waals surface area (Å²) >= 11 is 0. The van der Waals surface area contributed by atoms with Crippen molar-refractivity contribution in [1.82, 2.24) is 0 Å². The number of aliphatic hydroxyl groups excluding tert-OH is 1. The number of rotatable bonds is 5. The number of fused-ring (bicyclic) bond motifs is 2. The normalized spacial score (nSPS) is 51.1. The molecule has 2 spiro atoms. The van der Waals surface area contributed by atoms with E-state index in [1.807, 2.05) is 6.08 Å². The van der Waals surface area contributed by atoms with Crippen molar-refractivity contribution >= 4 is 5.97 Å². The third-order valence-corrected chi connectivity index (χ3v) is 13.3. The molecule has 33 heavy (non-hydrogen) atoms. The molecule has 0 bridgehead atoms. The molecule has 0 heterocycles. The van der Waals surface area contributed by atoms with Crippen molar-refractivity contribution in [3.8, 4) is 0 Å². The summed E-state index contributed by atoms with van der Waals surface area (Å²) in [6.07, 6.45) is 15.7. The van der Waals surface area contributed by atoms with Gasteiger partial charge in [0.2, 0.25) is 0 Å². The number of carboxylic acid groups (broad SMARTS) is 1. The first-order valence-electron chi connectivity index (χ1n) is 13.9. The van der Waals surface area contributed by atoms with Crippen LogP contribution in [0.3, 0.4) is 0 Å². The number of aliphatic carboxylic acids is 1. The number of carboxylic acids is 1. The molecule has 5 aliphatic carbocycles. The van der Waals surface area contributed by atoms with Gasteiger partial charge in [-0.3, -0.25) is 0 Å². The Hall–Kier alpha value is -0.830. The van der Waals surface area contributed by atoms with Crippen LogP contribution in [0.4, 0.5) is 0 Å². The minimum absolute atomic E-state index is 0.0721. The number of hydrogen-bond donors (Lipinski definition) is 2. The molecule has 3 nitrogen and oxygen atoms in total. The van der Waals surface area contributed by atoms with Crippen molar-refractivity contribution in [3.63, 3.8) is 0 Å². The van der Waals surface area contributed by atoms with Gasteiger partial charge in [-0.05, 0) is 128 Å². The van der Waals surface area contributed by atoms with Gasteiger partial charge in [-0.15, -0.1) is 0 Å². The largest absolute Gasteiger partial charge is 0.478 e. The molecule has 2 N–H and O–H groups in total. The van der Waals surface area contributed by atoms with Crippen LogP contribution < -0.4 is 0 Å². The third kappa shape index (κ3) is 2.93. The maximum absolute atomic E-state index is 11.2. The Bertz CT molecular complexity index is 859. The van der Waals surface area contributed by atoms with Gasteiger partial charge in [0.25, 0.3) is 0 Å². The van der Waals surface area contributed by atoms with Gasteiger partial charge in [0.1, 0.15) is 0 Å². The summed E-state index contributed by atoms with van der Waals surface area (Å²) in [6.45, 7) is 14.2. The average molecular weight is 457 g/mol. The van der Waals surface area contributed by atoms with E-state index in [4.69, 9.17) is 0 Å². The number of carbonyl (C=O) groups is 1. The first-order valence-corrected chi connectivity index (χ1v) is 13.9. The molecule has 0 aromatic carbocycles. The van der Waals surface area contributed by atoms with Crippen LogP contribution in [0.5, 0.6) is 0 Å². The fourth-order valence-electron chi connectivity index (χ4n) is 11.2. The molecule has 0 amide bonds. The lowest BCUT2D eigenvalue weighted by molar-refractivity contribution is -0.161. The summed E-state index contributed by atoms with van der Waals surface area (Å²) in [5.41, 5.74) is 2.48. The highest BCUT2D eigenvalue weighted by Crippen LogP contribution is 2.89. The van der Waals surface area contributed by atoms with E-state index in [0.29, 0.717) is 39.1 Å². The smallest absolute Gasteiger partial charge is 0.330 e. The van der Waals surface area contributed by atoms with Crippen molar-refractivity contribution in [2.75, 3.05) is 0 Å². The molecule has 5 fully saturated rings. The molecule has 2 unspecified atom stereocenters. The highest BCUT2D eigenvalue weighted by atomic mass is 16.4. The molecule has 5 saturated carbocycles. The lowest BCUT2D eigenvalue weighted by Gasteiger charge is -2.63. The van der Waals surface area contributed by atoms with Gasteiger partial charge in [-0.2, -0.15) is 0 Å². The van der Waals surface area contributed by atoms with E-state index in [2.05, 4.69) is 34.6 Å². The Morgan fingerprint density at radius 1 is 0.939 bits per heavy atom. The van der Waals surface area contributed by atoms with E-state index in [0.717, 1.165) is 31.1 Å². The second-order valence-corrected chi connectivity index (χ2v) is 14.3. The second-order valence-electron chi connectivity index (χ2n) is 14.3. The van der Waals surface area contributed by atoms with E-state index >= 15 is 0 Å². The molecular weight excluding hydrogens is 408 g/mol. The van der Waals surface area contributed by atoms with Gasteiger partial charge in [0, 0.05) is 5.57 Å². The van der Waals surface area contributed by atoms with Crippen LogP contribution in [-0.4, -0.2) is 22.3 Å². The predicted octanol–water partition coefficient (Wildman–Crippen LogP) is 7.23. The van der Waals surface area contributed by atoms with Gasteiger partial charge in [-0.25, -0.2) is 4.79 Å². The van der Waals surface area contributed by atoms with Crippen LogP contribution in [0.15, 0.2) is 11.6 Å².